The van der Waals surface area contributed by atoms with Gasteiger partial charge in [0.1, 0.15) is 0 Å². The first kappa shape index (κ1) is 21.9. The minimum absolute atomic E-state index is 0.0750. The van der Waals surface area contributed by atoms with Crippen molar-refractivity contribution in [3.8, 4) is 17.2 Å². The number of fused-ring (bicyclic) bond motifs is 3. The molecule has 1 aliphatic heterocycles. The van der Waals surface area contributed by atoms with E-state index in [1.165, 1.54) is 5.56 Å². The van der Waals surface area contributed by atoms with Gasteiger partial charge in [-0.05, 0) is 65.9 Å². The van der Waals surface area contributed by atoms with Crippen molar-refractivity contribution >= 4 is 17.3 Å². The number of carbonyl (C=O) groups excluding carboxylic acids is 1. The molecule has 0 saturated heterocycles. The number of ether oxygens (including phenoxy) is 3. The zero-order chi connectivity index (χ0) is 23.7. The quantitative estimate of drug-likeness (QED) is 0.460. The summed E-state index contributed by atoms with van der Waals surface area (Å²) in [6.07, 6.45) is 5.48. The van der Waals surface area contributed by atoms with Crippen molar-refractivity contribution in [2.45, 2.75) is 18.4 Å². The minimum atomic E-state index is -0.113. The summed E-state index contributed by atoms with van der Waals surface area (Å²) in [6.45, 7) is 0. The molecule has 1 aliphatic carbocycles. The van der Waals surface area contributed by atoms with Crippen LogP contribution in [0.1, 0.15) is 39.9 Å². The Morgan fingerprint density at radius 1 is 0.941 bits per heavy atom. The van der Waals surface area contributed by atoms with Crippen LogP contribution in [-0.2, 0) is 0 Å². The Morgan fingerprint density at radius 2 is 1.68 bits per heavy atom. The molecule has 0 bridgehead atoms. The smallest absolute Gasteiger partial charge is 0.255 e. The molecule has 1 heterocycles. The fraction of sp³-hybridized carbons (Fsp3) is 0.250. The molecule has 0 spiro atoms. The molecule has 3 aromatic carbocycles. The highest BCUT2D eigenvalue weighted by molar-refractivity contribution is 6.04. The van der Waals surface area contributed by atoms with E-state index in [0.29, 0.717) is 28.7 Å². The van der Waals surface area contributed by atoms with Gasteiger partial charge in [0.25, 0.3) is 5.91 Å². The van der Waals surface area contributed by atoms with E-state index in [9.17, 15) is 4.79 Å². The third-order valence-corrected chi connectivity index (χ3v) is 6.70. The highest BCUT2D eigenvalue weighted by atomic mass is 16.5. The van der Waals surface area contributed by atoms with Crippen LogP contribution in [-0.4, -0.2) is 27.2 Å². The lowest BCUT2D eigenvalue weighted by Gasteiger charge is -2.38. The fourth-order valence-electron chi connectivity index (χ4n) is 5.08. The number of benzene rings is 3. The lowest BCUT2D eigenvalue weighted by molar-refractivity contribution is 0.102. The molecule has 1 amide bonds. The Kier molecular flexibility index (Phi) is 5.88. The Bertz CT molecular complexity index is 1210. The van der Waals surface area contributed by atoms with Crippen LogP contribution in [0.15, 0.2) is 72.8 Å². The van der Waals surface area contributed by atoms with Crippen LogP contribution in [0.2, 0.25) is 0 Å². The van der Waals surface area contributed by atoms with Crippen LogP contribution >= 0.6 is 0 Å². The number of carbonyl (C=O) groups is 1. The van der Waals surface area contributed by atoms with Crippen LogP contribution in [0.3, 0.4) is 0 Å². The molecule has 0 fully saturated rings. The fourth-order valence-corrected chi connectivity index (χ4v) is 5.08. The monoisotopic (exact) mass is 456 g/mol. The molecule has 3 atom stereocenters. The lowest BCUT2D eigenvalue weighted by Crippen LogP contribution is -2.29. The number of anilines is 2. The van der Waals surface area contributed by atoms with Gasteiger partial charge in [-0.3, -0.25) is 4.79 Å². The van der Waals surface area contributed by atoms with Gasteiger partial charge in [0, 0.05) is 22.9 Å². The van der Waals surface area contributed by atoms with E-state index in [4.69, 9.17) is 14.2 Å². The van der Waals surface area contributed by atoms with Gasteiger partial charge in [0.15, 0.2) is 11.5 Å². The second kappa shape index (κ2) is 9.14. The van der Waals surface area contributed by atoms with Crippen molar-refractivity contribution in [2.24, 2.45) is 5.92 Å². The number of allylic oxidation sites excluding steroid dienone is 2. The third-order valence-electron chi connectivity index (χ3n) is 6.70. The van der Waals surface area contributed by atoms with E-state index in [1.807, 2.05) is 54.6 Å². The van der Waals surface area contributed by atoms with Crippen molar-refractivity contribution in [3.05, 3.63) is 89.5 Å². The molecule has 0 saturated carbocycles. The molecule has 34 heavy (non-hydrogen) atoms. The second-order valence-electron chi connectivity index (χ2n) is 8.56. The Morgan fingerprint density at radius 3 is 2.35 bits per heavy atom. The average molecular weight is 457 g/mol. The first-order chi connectivity index (χ1) is 16.6. The van der Waals surface area contributed by atoms with E-state index < -0.39 is 0 Å². The summed E-state index contributed by atoms with van der Waals surface area (Å²) in [7, 11) is 4.88. The van der Waals surface area contributed by atoms with Crippen molar-refractivity contribution in [1.29, 1.82) is 0 Å². The van der Waals surface area contributed by atoms with Crippen molar-refractivity contribution < 1.29 is 19.0 Å². The molecule has 0 radical (unpaired) electrons. The van der Waals surface area contributed by atoms with Crippen LogP contribution < -0.4 is 24.8 Å². The van der Waals surface area contributed by atoms with Crippen molar-refractivity contribution in [1.82, 2.24) is 0 Å². The van der Waals surface area contributed by atoms with E-state index >= 15 is 0 Å². The summed E-state index contributed by atoms with van der Waals surface area (Å²) < 4.78 is 16.7. The molecule has 6 heteroatoms. The molecular weight excluding hydrogens is 428 g/mol. The first-order valence-electron chi connectivity index (χ1n) is 11.4. The maximum absolute atomic E-state index is 12.6. The van der Waals surface area contributed by atoms with Crippen LogP contribution in [0.5, 0.6) is 17.2 Å². The van der Waals surface area contributed by atoms with E-state index in [-0.39, 0.29) is 17.9 Å². The highest BCUT2D eigenvalue weighted by Crippen LogP contribution is 2.52. The largest absolute Gasteiger partial charge is 0.493 e. The standard InChI is InChI=1S/C28H28N2O4/c1-32-24-14-18(15-25(33-2)27(24)34-3)26-21-11-7-10-20(21)22-16-19(12-13-23(22)30-26)29-28(31)17-8-5-4-6-9-17/h4-10,12-16,20-21,26,30H,11H2,1-3H3,(H,29,31). The lowest BCUT2D eigenvalue weighted by atomic mass is 9.77. The summed E-state index contributed by atoms with van der Waals surface area (Å²) >= 11 is 0. The topological polar surface area (TPSA) is 68.8 Å². The van der Waals surface area contributed by atoms with Crippen molar-refractivity contribution in [2.75, 3.05) is 32.0 Å². The predicted molar refractivity (Wildman–Crippen MR) is 133 cm³/mol. The molecule has 6 nitrogen and oxygen atoms in total. The minimum Gasteiger partial charge on any atom is -0.493 e. The van der Waals surface area contributed by atoms with E-state index in [0.717, 1.165) is 23.4 Å². The molecule has 174 valence electrons. The average Bonchev–Trinajstić information content (AvgIpc) is 3.38. The normalized spacial score (nSPS) is 20.0. The van der Waals surface area contributed by atoms with Gasteiger partial charge in [-0.2, -0.15) is 0 Å². The van der Waals surface area contributed by atoms with Gasteiger partial charge < -0.3 is 24.8 Å². The number of methoxy groups -OCH3 is 3. The number of rotatable bonds is 6. The van der Waals surface area contributed by atoms with Crippen molar-refractivity contribution in [3.63, 3.8) is 0 Å². The second-order valence-corrected chi connectivity index (χ2v) is 8.56. The molecule has 2 N–H and O–H groups in total. The Labute approximate surface area is 199 Å². The number of hydrogen-bond acceptors (Lipinski definition) is 5. The van der Waals surface area contributed by atoms with Gasteiger partial charge in [0.2, 0.25) is 5.75 Å². The maximum Gasteiger partial charge on any atom is 0.255 e. The summed E-state index contributed by atoms with van der Waals surface area (Å²) in [5.41, 5.74) is 4.76. The van der Waals surface area contributed by atoms with Gasteiger partial charge >= 0.3 is 0 Å². The van der Waals surface area contributed by atoms with Gasteiger partial charge in [0.05, 0.1) is 27.4 Å². The maximum atomic E-state index is 12.6. The number of amides is 1. The Hall–Kier alpha value is -3.93. The summed E-state index contributed by atoms with van der Waals surface area (Å²) in [6, 6.07) is 19.4. The summed E-state index contributed by atoms with van der Waals surface area (Å²) in [4.78, 5) is 12.6. The molecule has 3 aromatic rings. The molecular formula is C28H28N2O4. The number of nitrogens with one attached hydrogen (secondary N) is 2. The van der Waals surface area contributed by atoms with Crippen LogP contribution in [0.4, 0.5) is 11.4 Å². The number of hydrogen-bond donors (Lipinski definition) is 2. The zero-order valence-corrected chi connectivity index (χ0v) is 19.5. The summed E-state index contributed by atoms with van der Waals surface area (Å²) in [5, 5.41) is 6.77. The molecule has 2 aliphatic rings. The van der Waals surface area contributed by atoms with Crippen LogP contribution in [0, 0.1) is 5.92 Å². The van der Waals surface area contributed by atoms with Gasteiger partial charge in [-0.25, -0.2) is 0 Å². The highest BCUT2D eigenvalue weighted by Gasteiger charge is 2.38. The van der Waals surface area contributed by atoms with Gasteiger partial charge in [-0.1, -0.05) is 30.4 Å². The molecule has 5 rings (SSSR count). The summed E-state index contributed by atoms with van der Waals surface area (Å²) in [5.74, 6) is 2.34. The first-order valence-corrected chi connectivity index (χ1v) is 11.4. The predicted octanol–water partition coefficient (Wildman–Crippen LogP) is 5.79. The van der Waals surface area contributed by atoms with E-state index in [1.54, 1.807) is 21.3 Å². The third kappa shape index (κ3) is 3.85. The SMILES string of the molecule is COc1cc(C2Nc3ccc(NC(=O)c4ccccc4)cc3C3C=CCC32)cc(OC)c1OC. The molecule has 3 unspecified atom stereocenters. The van der Waals surface area contributed by atoms with Gasteiger partial charge in [-0.15, -0.1) is 0 Å². The Balaban J connectivity index is 1.47. The van der Waals surface area contributed by atoms with E-state index in [2.05, 4.69) is 28.9 Å². The molecule has 0 aromatic heterocycles. The van der Waals surface area contributed by atoms with Crippen LogP contribution in [0.25, 0.3) is 0 Å². The zero-order valence-electron chi connectivity index (χ0n) is 19.5.